The fourth-order valence-electron chi connectivity index (χ4n) is 5.27. The van der Waals surface area contributed by atoms with Crippen molar-refractivity contribution >= 4 is 16.8 Å². The molecule has 3 nitrogen and oxygen atoms in total. The lowest BCUT2D eigenvalue weighted by Crippen LogP contribution is -2.29. The number of piperidine rings is 1. The maximum Gasteiger partial charge on any atom is 0.231 e. The van der Waals surface area contributed by atoms with Crippen molar-refractivity contribution in [3.05, 3.63) is 60.3 Å². The third kappa shape index (κ3) is 9.11. The van der Waals surface area contributed by atoms with Crippen LogP contribution < -0.4 is 0 Å². The Hall–Kier alpha value is -2.13. The molecule has 0 atom stereocenters. The Bertz CT molecular complexity index is 930. The van der Waals surface area contributed by atoms with Gasteiger partial charge in [-0.2, -0.15) is 0 Å². The normalized spacial score (nSPS) is 15.7. The Morgan fingerprint density at radius 2 is 1.54 bits per heavy atom. The van der Waals surface area contributed by atoms with E-state index < -0.39 is 0 Å². The zero-order chi connectivity index (χ0) is 24.7. The third-order valence-electron chi connectivity index (χ3n) is 7.51. The summed E-state index contributed by atoms with van der Waals surface area (Å²) in [5.74, 6) is 0.826. The molecule has 3 heteroatoms. The molecule has 2 heterocycles. The van der Waals surface area contributed by atoms with Crippen molar-refractivity contribution in [2.24, 2.45) is 0 Å². The minimum absolute atomic E-state index is 0.256. The van der Waals surface area contributed by atoms with E-state index in [1.165, 1.54) is 75.2 Å². The van der Waals surface area contributed by atoms with Crippen molar-refractivity contribution < 1.29 is 4.79 Å². The van der Waals surface area contributed by atoms with E-state index in [1.807, 2.05) is 4.57 Å². The van der Waals surface area contributed by atoms with Crippen LogP contribution in [-0.4, -0.2) is 35.5 Å². The molecule has 1 aromatic heterocycles. The summed E-state index contributed by atoms with van der Waals surface area (Å²) in [6, 6.07) is 8.48. The molecule has 1 aromatic carbocycles. The highest BCUT2D eigenvalue weighted by molar-refractivity contribution is 5.94. The van der Waals surface area contributed by atoms with Crippen molar-refractivity contribution in [3.63, 3.8) is 0 Å². The molecule has 0 aliphatic carbocycles. The molecule has 0 amide bonds. The molecule has 0 N–H and O–H groups in total. The highest BCUT2D eigenvalue weighted by Crippen LogP contribution is 2.34. The molecule has 3 rings (SSSR count). The zero-order valence-electron chi connectivity index (χ0n) is 22.4. The van der Waals surface area contributed by atoms with Crippen LogP contribution in [0.2, 0.25) is 0 Å². The fourth-order valence-corrected chi connectivity index (χ4v) is 5.27. The van der Waals surface area contributed by atoms with Crippen molar-refractivity contribution in [1.29, 1.82) is 0 Å². The summed E-state index contributed by atoms with van der Waals surface area (Å²) in [7, 11) is 2.20. The van der Waals surface area contributed by atoms with E-state index in [9.17, 15) is 4.79 Å². The number of carbonyl (C=O) groups excluding carboxylic acids is 1. The van der Waals surface area contributed by atoms with E-state index in [4.69, 9.17) is 0 Å². The molecule has 1 saturated heterocycles. The zero-order valence-corrected chi connectivity index (χ0v) is 22.4. The lowest BCUT2D eigenvalue weighted by Gasteiger charge is -2.28. The summed E-state index contributed by atoms with van der Waals surface area (Å²) in [6.45, 7) is 4.54. The Kier molecular flexibility index (Phi) is 12.4. The van der Waals surface area contributed by atoms with Crippen LogP contribution in [0.3, 0.4) is 0 Å². The maximum atomic E-state index is 13.1. The van der Waals surface area contributed by atoms with Crippen LogP contribution in [0.1, 0.15) is 113 Å². The molecule has 1 aliphatic heterocycles. The van der Waals surface area contributed by atoms with Gasteiger partial charge in [-0.05, 0) is 89.1 Å². The van der Waals surface area contributed by atoms with Crippen molar-refractivity contribution in [2.45, 2.75) is 103 Å². The third-order valence-corrected chi connectivity index (χ3v) is 7.51. The standard InChI is InChI=1S/C32H48N2O/c1-3-4-5-6-7-8-9-10-11-12-13-14-15-16-17-22-32(35)34-27-30(28-23-25-33(2)26-24-28)29-20-18-19-21-31(29)34/h7-8,10-11,18-21,27-28H,3-6,9,12-17,22-26H2,1-2H3/b8-7-,11-10-. The summed E-state index contributed by atoms with van der Waals surface area (Å²) < 4.78 is 1.95. The number of allylic oxidation sites excluding steroid dienone is 4. The summed E-state index contributed by atoms with van der Waals surface area (Å²) >= 11 is 0. The number of hydrogen-bond donors (Lipinski definition) is 0. The van der Waals surface area contributed by atoms with Crippen LogP contribution in [0.15, 0.2) is 54.8 Å². The van der Waals surface area contributed by atoms with Gasteiger partial charge in [0.25, 0.3) is 0 Å². The van der Waals surface area contributed by atoms with E-state index in [1.54, 1.807) is 0 Å². The summed E-state index contributed by atoms with van der Waals surface area (Å²) in [6.07, 6.45) is 27.8. The number of unbranched alkanes of at least 4 members (excludes halogenated alkanes) is 8. The van der Waals surface area contributed by atoms with Gasteiger partial charge in [0.2, 0.25) is 5.91 Å². The molecule has 192 valence electrons. The maximum absolute atomic E-state index is 13.1. The Balaban J connectivity index is 1.33. The number of likely N-dealkylation sites (tertiary alicyclic amines) is 1. The van der Waals surface area contributed by atoms with Crippen molar-refractivity contribution in [1.82, 2.24) is 9.47 Å². The van der Waals surface area contributed by atoms with E-state index in [2.05, 4.69) is 73.6 Å². The first-order valence-corrected chi connectivity index (χ1v) is 14.3. The first-order valence-electron chi connectivity index (χ1n) is 14.3. The number of hydrogen-bond acceptors (Lipinski definition) is 2. The van der Waals surface area contributed by atoms with Crippen LogP contribution in [0.4, 0.5) is 0 Å². The van der Waals surface area contributed by atoms with Crippen LogP contribution in [0.5, 0.6) is 0 Å². The van der Waals surface area contributed by atoms with Gasteiger partial charge in [0.1, 0.15) is 0 Å². The van der Waals surface area contributed by atoms with E-state index in [-0.39, 0.29) is 5.91 Å². The topological polar surface area (TPSA) is 25.2 Å². The van der Waals surface area contributed by atoms with Crippen molar-refractivity contribution in [3.8, 4) is 0 Å². The number of benzene rings is 1. The number of rotatable bonds is 15. The van der Waals surface area contributed by atoms with Gasteiger partial charge in [0.15, 0.2) is 0 Å². The number of para-hydroxylation sites is 1. The largest absolute Gasteiger partial charge is 0.306 e. The molecule has 1 aliphatic rings. The van der Waals surface area contributed by atoms with Crippen LogP contribution in [-0.2, 0) is 0 Å². The molecule has 0 radical (unpaired) electrons. The predicted molar refractivity (Wildman–Crippen MR) is 151 cm³/mol. The van der Waals surface area contributed by atoms with E-state index >= 15 is 0 Å². The minimum atomic E-state index is 0.256. The smallest absolute Gasteiger partial charge is 0.231 e. The second-order valence-corrected chi connectivity index (χ2v) is 10.4. The van der Waals surface area contributed by atoms with Gasteiger partial charge in [0, 0.05) is 18.0 Å². The predicted octanol–water partition coefficient (Wildman–Crippen LogP) is 8.90. The lowest BCUT2D eigenvalue weighted by molar-refractivity contribution is 0.0904. The highest BCUT2D eigenvalue weighted by Gasteiger charge is 2.23. The number of fused-ring (bicyclic) bond motifs is 1. The van der Waals surface area contributed by atoms with Gasteiger partial charge < -0.3 is 4.90 Å². The molecule has 0 saturated carbocycles. The summed E-state index contributed by atoms with van der Waals surface area (Å²) in [4.78, 5) is 15.5. The Labute approximate surface area is 214 Å². The highest BCUT2D eigenvalue weighted by atomic mass is 16.2. The SMILES string of the molecule is CCCCC/C=C\C/C=C\CCCCCCCC(=O)n1cc(C2CCN(C)CC2)c2ccccc21. The van der Waals surface area contributed by atoms with Gasteiger partial charge in [-0.1, -0.05) is 81.5 Å². The molecular formula is C32H48N2O. The first-order chi connectivity index (χ1) is 17.2. The van der Waals surface area contributed by atoms with Crippen LogP contribution >= 0.6 is 0 Å². The van der Waals surface area contributed by atoms with E-state index in [0.717, 1.165) is 37.9 Å². The number of aromatic nitrogens is 1. The van der Waals surface area contributed by atoms with Gasteiger partial charge in [-0.15, -0.1) is 0 Å². The first kappa shape index (κ1) is 27.5. The lowest BCUT2D eigenvalue weighted by atomic mass is 9.89. The molecule has 0 spiro atoms. The van der Waals surface area contributed by atoms with Crippen LogP contribution in [0.25, 0.3) is 10.9 Å². The number of nitrogens with zero attached hydrogens (tertiary/aromatic N) is 2. The molecule has 1 fully saturated rings. The second-order valence-electron chi connectivity index (χ2n) is 10.4. The summed E-state index contributed by atoms with van der Waals surface area (Å²) in [5.41, 5.74) is 2.47. The monoisotopic (exact) mass is 476 g/mol. The van der Waals surface area contributed by atoms with E-state index in [0.29, 0.717) is 12.3 Å². The molecule has 0 bridgehead atoms. The van der Waals surface area contributed by atoms with Crippen LogP contribution in [0, 0.1) is 0 Å². The molecule has 0 unspecified atom stereocenters. The van der Waals surface area contributed by atoms with Crippen molar-refractivity contribution in [2.75, 3.05) is 20.1 Å². The Morgan fingerprint density at radius 3 is 2.29 bits per heavy atom. The molecule has 35 heavy (non-hydrogen) atoms. The minimum Gasteiger partial charge on any atom is -0.306 e. The van der Waals surface area contributed by atoms with Gasteiger partial charge >= 0.3 is 0 Å². The van der Waals surface area contributed by atoms with Gasteiger partial charge in [0.05, 0.1) is 5.52 Å². The fraction of sp³-hybridized carbons (Fsp3) is 0.594. The van der Waals surface area contributed by atoms with Gasteiger partial charge in [-0.3, -0.25) is 9.36 Å². The molecular weight excluding hydrogens is 428 g/mol. The number of carbonyl (C=O) groups is 1. The molecule has 2 aromatic rings. The average molecular weight is 477 g/mol. The Morgan fingerprint density at radius 1 is 0.886 bits per heavy atom. The van der Waals surface area contributed by atoms with Gasteiger partial charge in [-0.25, -0.2) is 0 Å². The average Bonchev–Trinajstić information content (AvgIpc) is 3.26. The second kappa shape index (κ2) is 15.8. The summed E-state index contributed by atoms with van der Waals surface area (Å²) in [5, 5.41) is 1.27. The quantitative estimate of drug-likeness (QED) is 0.189.